The Morgan fingerprint density at radius 3 is 2.29 bits per heavy atom. The molecule has 1 heterocycles. The summed E-state index contributed by atoms with van der Waals surface area (Å²) in [6, 6.07) is 11.6. The lowest BCUT2D eigenvalue weighted by Crippen LogP contribution is -2.35. The number of aliphatic hydroxyl groups excluding tert-OH is 1. The van der Waals surface area contributed by atoms with E-state index in [1.54, 1.807) is 44.6 Å². The van der Waals surface area contributed by atoms with E-state index in [0.29, 0.717) is 30.2 Å². The van der Waals surface area contributed by atoms with Crippen molar-refractivity contribution in [1.82, 2.24) is 9.80 Å². The van der Waals surface area contributed by atoms with Gasteiger partial charge in [0.1, 0.15) is 17.3 Å². The summed E-state index contributed by atoms with van der Waals surface area (Å²) in [4.78, 5) is 29.4. The Balaban J connectivity index is 2.14. The van der Waals surface area contributed by atoms with Crippen LogP contribution in [-0.4, -0.2) is 68.0 Å². The number of ketones is 1. The molecule has 1 saturated heterocycles. The first-order valence-corrected chi connectivity index (χ1v) is 10.0. The Morgan fingerprint density at radius 2 is 1.74 bits per heavy atom. The van der Waals surface area contributed by atoms with Crippen LogP contribution in [0.5, 0.6) is 11.5 Å². The van der Waals surface area contributed by atoms with Gasteiger partial charge < -0.3 is 24.4 Å². The van der Waals surface area contributed by atoms with Crippen LogP contribution in [0.4, 0.5) is 0 Å². The number of ether oxygens (including phenoxy) is 2. The summed E-state index contributed by atoms with van der Waals surface area (Å²) < 4.78 is 10.5. The van der Waals surface area contributed by atoms with Crippen molar-refractivity contribution >= 4 is 17.4 Å². The number of aliphatic hydroxyl groups is 1. The second-order valence-corrected chi connectivity index (χ2v) is 7.75. The Bertz CT molecular complexity index is 1010. The van der Waals surface area contributed by atoms with E-state index in [4.69, 9.17) is 9.47 Å². The Hall–Kier alpha value is -3.32. The quantitative estimate of drug-likeness (QED) is 0.418. The maximum absolute atomic E-state index is 13.0. The van der Waals surface area contributed by atoms with Gasteiger partial charge in [-0.3, -0.25) is 9.59 Å². The average Bonchev–Trinajstić information content (AvgIpc) is 3.01. The van der Waals surface area contributed by atoms with Gasteiger partial charge in [0.2, 0.25) is 0 Å². The van der Waals surface area contributed by atoms with Crippen molar-refractivity contribution < 1.29 is 24.2 Å². The van der Waals surface area contributed by atoms with Gasteiger partial charge >= 0.3 is 0 Å². The fourth-order valence-corrected chi connectivity index (χ4v) is 3.73. The third-order valence-corrected chi connectivity index (χ3v) is 5.43. The number of methoxy groups -OCH3 is 2. The summed E-state index contributed by atoms with van der Waals surface area (Å²) in [5.41, 5.74) is 2.08. The number of likely N-dealkylation sites (N-methyl/N-ethyl adjacent to an activating group) is 1. The second-order valence-electron chi connectivity index (χ2n) is 7.75. The normalized spacial score (nSPS) is 18.0. The topological polar surface area (TPSA) is 79.3 Å². The predicted octanol–water partition coefficient (Wildman–Crippen LogP) is 3.00. The molecular formula is C24H28N2O5. The van der Waals surface area contributed by atoms with Gasteiger partial charge in [-0.25, -0.2) is 0 Å². The maximum atomic E-state index is 13.0. The van der Waals surface area contributed by atoms with Crippen molar-refractivity contribution in [3.63, 3.8) is 0 Å². The highest BCUT2D eigenvalue weighted by molar-refractivity contribution is 6.46. The molecule has 1 unspecified atom stereocenters. The highest BCUT2D eigenvalue weighted by Crippen LogP contribution is 2.40. The molecule has 0 aliphatic carbocycles. The third-order valence-electron chi connectivity index (χ3n) is 5.43. The molecule has 1 fully saturated rings. The van der Waals surface area contributed by atoms with Gasteiger partial charge in [-0.2, -0.15) is 0 Å². The molecule has 0 radical (unpaired) electrons. The van der Waals surface area contributed by atoms with Crippen LogP contribution in [-0.2, 0) is 9.59 Å². The fraction of sp³-hybridized carbons (Fsp3) is 0.333. The number of Topliss-reactive ketones (excluding diaryl/α,β-unsaturated/α-hetero) is 1. The Kier molecular flexibility index (Phi) is 6.65. The van der Waals surface area contributed by atoms with Crippen molar-refractivity contribution in [2.45, 2.75) is 13.0 Å². The lowest BCUT2D eigenvalue weighted by atomic mass is 9.94. The van der Waals surface area contributed by atoms with Crippen LogP contribution < -0.4 is 9.47 Å². The summed E-state index contributed by atoms with van der Waals surface area (Å²) in [6.07, 6.45) is 0. The van der Waals surface area contributed by atoms with E-state index in [2.05, 4.69) is 0 Å². The zero-order valence-electron chi connectivity index (χ0n) is 18.5. The smallest absolute Gasteiger partial charge is 0.295 e. The fourth-order valence-electron chi connectivity index (χ4n) is 3.73. The number of carbonyl (C=O) groups is 2. The summed E-state index contributed by atoms with van der Waals surface area (Å²) in [5.74, 6) is -0.160. The zero-order chi connectivity index (χ0) is 22.7. The molecule has 2 aromatic rings. The van der Waals surface area contributed by atoms with Crippen LogP contribution in [0.25, 0.3) is 5.76 Å². The number of likely N-dealkylation sites (tertiary alicyclic amines) is 1. The van der Waals surface area contributed by atoms with Gasteiger partial charge in [0.05, 0.1) is 25.8 Å². The van der Waals surface area contributed by atoms with Crippen molar-refractivity contribution in [2.24, 2.45) is 0 Å². The molecule has 164 valence electrons. The standard InChI is InChI=1S/C24H28N2O5/c1-15-14-17(8-11-19(15)31-5)22(27)20-21(16-6-9-18(30-4)10-7-16)26(13-12-25(2)3)24(29)23(20)28/h6-11,14,21,27H,12-13H2,1-5H3/b22-20+. The first kappa shape index (κ1) is 22.4. The maximum Gasteiger partial charge on any atom is 0.295 e. The van der Waals surface area contributed by atoms with Gasteiger partial charge in [-0.15, -0.1) is 0 Å². The van der Waals surface area contributed by atoms with Crippen LogP contribution in [0.2, 0.25) is 0 Å². The molecule has 1 amide bonds. The van der Waals surface area contributed by atoms with E-state index in [9.17, 15) is 14.7 Å². The Labute approximate surface area is 182 Å². The number of amides is 1. The first-order chi connectivity index (χ1) is 14.8. The van der Waals surface area contributed by atoms with Crippen molar-refractivity contribution in [3.8, 4) is 11.5 Å². The summed E-state index contributed by atoms with van der Waals surface area (Å²) >= 11 is 0. The number of benzene rings is 2. The molecule has 3 rings (SSSR count). The van der Waals surface area contributed by atoms with Crippen molar-refractivity contribution in [2.75, 3.05) is 41.4 Å². The van der Waals surface area contributed by atoms with Crippen LogP contribution in [0.3, 0.4) is 0 Å². The molecule has 7 heteroatoms. The molecule has 31 heavy (non-hydrogen) atoms. The predicted molar refractivity (Wildman–Crippen MR) is 118 cm³/mol. The van der Waals surface area contributed by atoms with Gasteiger partial charge in [-0.1, -0.05) is 12.1 Å². The minimum Gasteiger partial charge on any atom is -0.507 e. The number of hydrogen-bond donors (Lipinski definition) is 1. The molecule has 7 nitrogen and oxygen atoms in total. The van der Waals surface area contributed by atoms with E-state index < -0.39 is 17.7 Å². The van der Waals surface area contributed by atoms with E-state index in [0.717, 1.165) is 11.1 Å². The Morgan fingerprint density at radius 1 is 1.06 bits per heavy atom. The van der Waals surface area contributed by atoms with Gasteiger partial charge in [-0.05, 0) is 62.5 Å². The largest absolute Gasteiger partial charge is 0.507 e. The number of nitrogens with zero attached hydrogens (tertiary/aromatic N) is 2. The molecule has 0 aromatic heterocycles. The first-order valence-electron chi connectivity index (χ1n) is 10.0. The SMILES string of the molecule is COc1ccc(C2/C(=C(\O)c3ccc(OC)c(C)c3)C(=O)C(=O)N2CCN(C)C)cc1. The highest BCUT2D eigenvalue weighted by Gasteiger charge is 2.45. The molecule has 1 aliphatic rings. The van der Waals surface area contributed by atoms with Crippen LogP contribution >= 0.6 is 0 Å². The molecule has 1 N–H and O–H groups in total. The minimum atomic E-state index is -0.689. The molecule has 1 atom stereocenters. The van der Waals surface area contributed by atoms with E-state index in [1.807, 2.05) is 38.1 Å². The number of hydrogen-bond acceptors (Lipinski definition) is 6. The van der Waals surface area contributed by atoms with Crippen LogP contribution in [0, 0.1) is 6.92 Å². The molecule has 0 spiro atoms. The highest BCUT2D eigenvalue weighted by atomic mass is 16.5. The van der Waals surface area contributed by atoms with Gasteiger partial charge in [0.15, 0.2) is 0 Å². The number of rotatable bonds is 7. The van der Waals surface area contributed by atoms with E-state index >= 15 is 0 Å². The van der Waals surface area contributed by atoms with Crippen molar-refractivity contribution in [1.29, 1.82) is 0 Å². The number of aryl methyl sites for hydroxylation is 1. The monoisotopic (exact) mass is 424 g/mol. The van der Waals surface area contributed by atoms with Gasteiger partial charge in [0, 0.05) is 18.7 Å². The second kappa shape index (κ2) is 9.22. The molecule has 1 aliphatic heterocycles. The zero-order valence-corrected chi connectivity index (χ0v) is 18.5. The third kappa shape index (κ3) is 4.41. The van der Waals surface area contributed by atoms with Crippen molar-refractivity contribution in [3.05, 3.63) is 64.7 Å². The van der Waals surface area contributed by atoms with Crippen LogP contribution in [0.1, 0.15) is 22.7 Å². The molecular weight excluding hydrogens is 396 g/mol. The minimum absolute atomic E-state index is 0.0819. The summed E-state index contributed by atoms with van der Waals surface area (Å²) in [6.45, 7) is 2.79. The lowest BCUT2D eigenvalue weighted by Gasteiger charge is -2.26. The molecule has 2 aromatic carbocycles. The van der Waals surface area contributed by atoms with Crippen LogP contribution in [0.15, 0.2) is 48.0 Å². The number of carbonyl (C=O) groups excluding carboxylic acids is 2. The van der Waals surface area contributed by atoms with E-state index in [1.165, 1.54) is 4.90 Å². The van der Waals surface area contributed by atoms with Gasteiger partial charge in [0.25, 0.3) is 11.7 Å². The molecule has 0 bridgehead atoms. The summed E-state index contributed by atoms with van der Waals surface area (Å²) in [5, 5.41) is 11.1. The average molecular weight is 424 g/mol. The lowest BCUT2D eigenvalue weighted by molar-refractivity contribution is -0.140. The summed E-state index contributed by atoms with van der Waals surface area (Å²) in [7, 11) is 6.95. The molecule has 0 saturated carbocycles. The van der Waals surface area contributed by atoms with E-state index in [-0.39, 0.29) is 11.3 Å².